The second-order valence-electron chi connectivity index (χ2n) is 21.7. The summed E-state index contributed by atoms with van der Waals surface area (Å²) in [6, 6.07) is 4.42. The first kappa shape index (κ1) is 71.1. The molecule has 500 valence electrons. The van der Waals surface area contributed by atoms with Gasteiger partial charge < -0.3 is 95.5 Å². The SMILES string of the molecule is CN(CCCNC(=O)CCNC(=O)c1cc(NC(=O)c2cc(NC(=O)c3cc(NC(=O)CCCNC(=O)c4nc(NC(=O)c5nc(NC(=O)c6nccn6C)cn5C)cn4C)cn3C)cn2C)cn1C)CCCNC(=O)CN(CCN(CC(=O)O)CC(=O)O)CC(=O)O. The maximum atomic E-state index is 13.4. The highest BCUT2D eigenvalue weighted by molar-refractivity contribution is 6.08. The van der Waals surface area contributed by atoms with Crippen molar-refractivity contribution in [1.29, 1.82) is 0 Å². The minimum Gasteiger partial charge on any atom is -0.480 e. The Bertz CT molecular complexity index is 3700. The van der Waals surface area contributed by atoms with Gasteiger partial charge in [0.25, 0.3) is 35.4 Å². The van der Waals surface area contributed by atoms with E-state index < -0.39 is 78.9 Å². The summed E-state index contributed by atoms with van der Waals surface area (Å²) in [6.07, 6.45) is 12.0. The quantitative estimate of drug-likeness (QED) is 0.0208. The molecule has 0 spiro atoms. The number of hydrogen-bond acceptors (Lipinski definition) is 18. The molecule has 93 heavy (non-hydrogen) atoms. The van der Waals surface area contributed by atoms with Crippen molar-refractivity contribution in [2.24, 2.45) is 42.3 Å². The highest BCUT2D eigenvalue weighted by Crippen LogP contribution is 2.21. The number of aliphatic carboxylic acids is 3. The number of carboxylic acids is 3. The normalized spacial score (nSPS) is 11.1. The molecule has 36 heteroatoms. The van der Waals surface area contributed by atoms with Crippen molar-refractivity contribution >= 4 is 99.8 Å². The molecule has 0 aliphatic carbocycles. The summed E-state index contributed by atoms with van der Waals surface area (Å²) in [7, 11) is 11.5. The molecule has 0 saturated carbocycles. The number of carbonyl (C=O) groups is 12. The molecule has 0 unspecified atom stereocenters. The van der Waals surface area contributed by atoms with Gasteiger partial charge in [-0.1, -0.05) is 0 Å². The summed E-state index contributed by atoms with van der Waals surface area (Å²) in [5, 5.41) is 51.8. The topological polar surface area (TPSA) is 452 Å². The molecule has 0 aliphatic rings. The summed E-state index contributed by atoms with van der Waals surface area (Å²) < 4.78 is 8.89. The second kappa shape index (κ2) is 33.7. The van der Waals surface area contributed by atoms with Gasteiger partial charge in [-0.3, -0.25) is 67.3 Å². The van der Waals surface area contributed by atoms with Crippen molar-refractivity contribution in [2.45, 2.75) is 32.1 Å². The van der Waals surface area contributed by atoms with Crippen LogP contribution in [0.15, 0.2) is 61.6 Å². The molecule has 0 saturated heterocycles. The number of hydrogen-bond donors (Lipinski definition) is 12. The monoisotopic (exact) mass is 1300 g/mol. The van der Waals surface area contributed by atoms with Gasteiger partial charge in [0.1, 0.15) is 17.1 Å². The molecule has 0 atom stereocenters. The maximum Gasteiger partial charge on any atom is 0.317 e. The summed E-state index contributed by atoms with van der Waals surface area (Å²) in [6.45, 7) is -0.0109. The fourth-order valence-corrected chi connectivity index (χ4v) is 9.40. The Balaban J connectivity index is 0.840. The maximum absolute atomic E-state index is 13.4. The van der Waals surface area contributed by atoms with E-state index in [4.69, 9.17) is 10.2 Å². The third kappa shape index (κ3) is 22.2. The highest BCUT2D eigenvalue weighted by atomic mass is 16.4. The van der Waals surface area contributed by atoms with Crippen molar-refractivity contribution in [3.05, 3.63) is 96.1 Å². The molecule has 9 amide bonds. The van der Waals surface area contributed by atoms with Gasteiger partial charge in [-0.25, -0.2) is 15.0 Å². The third-order valence-electron chi connectivity index (χ3n) is 13.9. The van der Waals surface area contributed by atoms with Crippen LogP contribution >= 0.6 is 0 Å². The Morgan fingerprint density at radius 1 is 0.409 bits per heavy atom. The van der Waals surface area contributed by atoms with Crippen LogP contribution in [-0.2, 0) is 71.1 Å². The van der Waals surface area contributed by atoms with Crippen molar-refractivity contribution in [3.63, 3.8) is 0 Å². The van der Waals surface area contributed by atoms with Gasteiger partial charge in [0.15, 0.2) is 17.5 Å². The van der Waals surface area contributed by atoms with E-state index in [0.717, 1.165) is 4.90 Å². The molecule has 0 aliphatic heterocycles. The zero-order valence-corrected chi connectivity index (χ0v) is 52.4. The first-order valence-electron chi connectivity index (χ1n) is 29.1. The van der Waals surface area contributed by atoms with Gasteiger partial charge in [-0.15, -0.1) is 0 Å². The summed E-state index contributed by atoms with van der Waals surface area (Å²) >= 11 is 0. The van der Waals surface area contributed by atoms with Crippen LogP contribution in [0.1, 0.15) is 95.4 Å². The van der Waals surface area contributed by atoms with E-state index in [2.05, 4.69) is 62.8 Å². The molecule has 0 aromatic carbocycles. The molecular weight excluding hydrogens is 1220 g/mol. The zero-order valence-electron chi connectivity index (χ0n) is 52.4. The smallest absolute Gasteiger partial charge is 0.317 e. The summed E-state index contributed by atoms with van der Waals surface area (Å²) in [5.41, 5.74) is 1.51. The summed E-state index contributed by atoms with van der Waals surface area (Å²) in [5.74, 6) is -7.81. The zero-order chi connectivity index (χ0) is 68.1. The Kier molecular flexibility index (Phi) is 25.8. The highest BCUT2D eigenvalue weighted by Gasteiger charge is 2.24. The van der Waals surface area contributed by atoms with Crippen LogP contribution < -0.4 is 47.9 Å². The number of carbonyl (C=O) groups excluding carboxylic acids is 9. The molecule has 6 aromatic heterocycles. The standard InChI is InChI=1S/C57H77N21O15/c1-70(19-10-15-59-45(81)31-77(32-46(82)83)21-22-78(33-47(84)85)34-48(86)87)18-9-14-58-43(79)12-16-62-52(88)38-24-36(27-72(38)3)64-54(90)40-25-37(28-74(40)5)65-53(89)39-23-35(26-73(39)4)63-44(80)11-8-13-61-55(91)50-66-41(29-75(50)6)69-57(93)51-67-42(30-76(51)7)68-56(92)49-60-17-20-71(49)2/h17,20,23-30H,8-16,18-19,21-22,31-34H2,1-7H3,(H,58,79)(H,59,81)(H,61,91)(H,62,88)(H,63,80)(H,64,90)(H,65,89)(H,68,92)(H,69,93)(H,82,83)(H,84,85)(H,86,87). The number of nitrogens with one attached hydrogen (secondary N) is 9. The minimum absolute atomic E-state index is 0.00286. The van der Waals surface area contributed by atoms with Crippen LogP contribution in [0.5, 0.6) is 0 Å². The number of aryl methyl sites for hydroxylation is 6. The van der Waals surface area contributed by atoms with Crippen LogP contribution in [0.25, 0.3) is 0 Å². The lowest BCUT2D eigenvalue weighted by atomic mass is 10.3. The van der Waals surface area contributed by atoms with Gasteiger partial charge in [0, 0.05) is 138 Å². The number of aromatic nitrogens is 9. The van der Waals surface area contributed by atoms with Crippen LogP contribution in [0.3, 0.4) is 0 Å². The van der Waals surface area contributed by atoms with Crippen molar-refractivity contribution in [1.82, 2.24) is 78.3 Å². The largest absolute Gasteiger partial charge is 0.480 e. The Hall–Kier alpha value is -11.0. The van der Waals surface area contributed by atoms with Crippen LogP contribution in [0.4, 0.5) is 28.7 Å². The Labute approximate surface area is 532 Å². The number of imidazole rings is 3. The van der Waals surface area contributed by atoms with E-state index in [1.165, 1.54) is 75.3 Å². The van der Waals surface area contributed by atoms with E-state index in [1.807, 2.05) is 11.9 Å². The fraction of sp³-hybridized carbons (Fsp3) is 0.421. The molecule has 0 bridgehead atoms. The Morgan fingerprint density at radius 3 is 1.32 bits per heavy atom. The van der Waals surface area contributed by atoms with Gasteiger partial charge in [0.2, 0.25) is 29.4 Å². The van der Waals surface area contributed by atoms with Crippen LogP contribution in [0, 0.1) is 0 Å². The number of nitrogens with zero attached hydrogens (tertiary/aromatic N) is 12. The molecule has 12 N–H and O–H groups in total. The molecule has 6 rings (SSSR count). The van der Waals surface area contributed by atoms with Gasteiger partial charge in [0.05, 0.1) is 43.2 Å². The van der Waals surface area contributed by atoms with Gasteiger partial charge in [-0.2, -0.15) is 0 Å². The van der Waals surface area contributed by atoms with Crippen LogP contribution in [0.2, 0.25) is 0 Å². The lowest BCUT2D eigenvalue weighted by Gasteiger charge is -2.24. The third-order valence-corrected chi connectivity index (χ3v) is 13.9. The molecule has 0 fully saturated rings. The van der Waals surface area contributed by atoms with Crippen LogP contribution in [-0.4, -0.2) is 229 Å². The number of carboxylic acid groups (broad SMARTS) is 3. The van der Waals surface area contributed by atoms with Crippen molar-refractivity contribution in [3.8, 4) is 0 Å². The number of amides is 9. The van der Waals surface area contributed by atoms with Crippen molar-refractivity contribution < 1.29 is 72.9 Å². The van der Waals surface area contributed by atoms with Crippen molar-refractivity contribution in [2.75, 3.05) is 112 Å². The molecular formula is C57H77N21O15. The first-order valence-corrected chi connectivity index (χ1v) is 29.1. The van der Waals surface area contributed by atoms with E-state index in [1.54, 1.807) is 60.9 Å². The van der Waals surface area contributed by atoms with Gasteiger partial charge in [-0.05, 0) is 57.6 Å². The average Bonchev–Trinajstić information content (AvgIpc) is 1.70. The fourth-order valence-electron chi connectivity index (χ4n) is 9.40. The molecule has 0 radical (unpaired) electrons. The van der Waals surface area contributed by atoms with E-state index in [9.17, 15) is 62.6 Å². The minimum atomic E-state index is -1.24. The average molecular weight is 1300 g/mol. The lowest BCUT2D eigenvalue weighted by molar-refractivity contribution is -0.143. The van der Waals surface area contributed by atoms with Gasteiger partial charge >= 0.3 is 17.9 Å². The Morgan fingerprint density at radius 2 is 0.839 bits per heavy atom. The molecule has 6 heterocycles. The van der Waals surface area contributed by atoms with E-state index in [0.29, 0.717) is 56.1 Å². The predicted octanol–water partition coefficient (Wildman–Crippen LogP) is -1.02. The lowest BCUT2D eigenvalue weighted by Crippen LogP contribution is -2.45. The van der Waals surface area contributed by atoms with E-state index in [-0.39, 0.29) is 110 Å². The molecule has 6 aromatic rings. The molecule has 36 nitrogen and oxygen atoms in total. The second-order valence-corrected chi connectivity index (χ2v) is 21.7. The first-order chi connectivity index (χ1) is 44.1. The predicted molar refractivity (Wildman–Crippen MR) is 333 cm³/mol. The van der Waals surface area contributed by atoms with E-state index >= 15 is 0 Å². The number of rotatable bonds is 37. The summed E-state index contributed by atoms with van der Waals surface area (Å²) in [4.78, 5) is 167. The number of anilines is 5.